The molecule has 8 fully saturated rings. The van der Waals surface area contributed by atoms with E-state index >= 15 is 0 Å². The van der Waals surface area contributed by atoms with Gasteiger partial charge in [0.05, 0.1) is 24.3 Å². The highest BCUT2D eigenvalue weighted by Crippen LogP contribution is 2.37. The second kappa shape index (κ2) is 20.4. The van der Waals surface area contributed by atoms with Gasteiger partial charge in [-0.2, -0.15) is 0 Å². The highest BCUT2D eigenvalue weighted by Gasteiger charge is 2.44. The molecule has 8 rings (SSSR count). The van der Waals surface area contributed by atoms with E-state index in [0.717, 1.165) is 128 Å². The van der Waals surface area contributed by atoms with Crippen LogP contribution in [0, 0.1) is 11.8 Å². The summed E-state index contributed by atoms with van der Waals surface area (Å²) in [4.78, 5) is 35.2. The molecule has 4 saturated carbocycles. The minimum absolute atomic E-state index is 0.244. The van der Waals surface area contributed by atoms with Gasteiger partial charge in [-0.3, -0.25) is 9.59 Å². The van der Waals surface area contributed by atoms with E-state index in [1.54, 1.807) is 0 Å². The Morgan fingerprint density at radius 2 is 0.852 bits per heavy atom. The largest absolute Gasteiger partial charge is 0.381 e. The van der Waals surface area contributed by atoms with Crippen molar-refractivity contribution in [3.05, 3.63) is 0 Å². The Morgan fingerprint density at radius 3 is 1.22 bits per heavy atom. The van der Waals surface area contributed by atoms with E-state index in [-0.39, 0.29) is 11.8 Å². The zero-order chi connectivity index (χ0) is 37.3. The number of hydrogen-bond donors (Lipinski definition) is 0. The highest BCUT2D eigenvalue weighted by atomic mass is 16.5. The maximum atomic E-state index is 12.6. The lowest BCUT2D eigenvalue weighted by Crippen LogP contribution is -2.61. The Morgan fingerprint density at radius 1 is 0.481 bits per heavy atom. The Bertz CT molecular complexity index is 1060. The lowest BCUT2D eigenvalue weighted by molar-refractivity contribution is -0.167. The first-order chi connectivity index (χ1) is 26.5. The number of hydrogen-bond acceptors (Lipinski definition) is 8. The summed E-state index contributed by atoms with van der Waals surface area (Å²) in [6.45, 7) is 13.0. The van der Waals surface area contributed by atoms with Gasteiger partial charge in [0.2, 0.25) is 11.8 Å². The quantitative estimate of drug-likeness (QED) is 0.252. The zero-order valence-electron chi connectivity index (χ0n) is 34.2. The Hall–Kier alpha value is -1.30. The van der Waals surface area contributed by atoms with Crippen LogP contribution in [0.5, 0.6) is 0 Å². The average molecular weight is 757 g/mol. The van der Waals surface area contributed by atoms with E-state index in [1.165, 1.54) is 77.0 Å². The van der Waals surface area contributed by atoms with Crippen molar-refractivity contribution in [3.63, 3.8) is 0 Å². The predicted octanol–water partition coefficient (Wildman–Crippen LogP) is 6.43. The molecule has 0 bridgehead atoms. The van der Waals surface area contributed by atoms with E-state index in [9.17, 15) is 9.59 Å². The molecule has 0 radical (unpaired) electrons. The molecule has 0 aromatic rings. The number of carbonyl (C=O) groups is 2. The molecule has 0 N–H and O–H groups in total. The minimum atomic E-state index is 0.244. The first kappa shape index (κ1) is 40.9. The molecule has 2 amide bonds. The van der Waals surface area contributed by atoms with Gasteiger partial charge in [-0.15, -0.1) is 0 Å². The van der Waals surface area contributed by atoms with Crippen LogP contribution in [0.15, 0.2) is 0 Å². The van der Waals surface area contributed by atoms with Crippen molar-refractivity contribution in [3.8, 4) is 0 Å². The Kier molecular flexibility index (Phi) is 15.4. The van der Waals surface area contributed by atoms with Crippen LogP contribution in [-0.2, 0) is 28.5 Å². The lowest BCUT2D eigenvalue weighted by Gasteiger charge is -2.50. The monoisotopic (exact) mass is 757 g/mol. The molecule has 10 heteroatoms. The number of fused-ring (bicyclic) bond motifs is 2. The van der Waals surface area contributed by atoms with Crippen LogP contribution in [0.2, 0.25) is 0 Å². The first-order valence-electron chi connectivity index (χ1n) is 23.0. The number of carbonyl (C=O) groups excluding carboxylic acids is 2. The Balaban J connectivity index is 0.000000167. The molecule has 8 aliphatic rings. The fourth-order valence-corrected chi connectivity index (χ4v) is 12.0. The van der Waals surface area contributed by atoms with Crippen LogP contribution >= 0.6 is 0 Å². The standard InChI is InChI=1S/2C22H38N2O3/c2*1-2-26-15-17-7-9-18(10-8-17)23-13-11-19(12-14-23)24-20-5-3-4-6-21(20)27-16-22(24)25/h2*17-21H,2-16H2,1H3. The zero-order valence-corrected chi connectivity index (χ0v) is 34.2. The van der Waals surface area contributed by atoms with Crippen molar-refractivity contribution >= 4 is 11.8 Å². The number of piperidine rings is 2. The summed E-state index contributed by atoms with van der Waals surface area (Å²) in [6, 6.07) is 3.10. The molecular formula is C44H76N4O6. The van der Waals surface area contributed by atoms with Crippen molar-refractivity contribution in [2.24, 2.45) is 11.8 Å². The van der Waals surface area contributed by atoms with Crippen LogP contribution in [0.3, 0.4) is 0 Å². The van der Waals surface area contributed by atoms with E-state index in [1.807, 2.05) is 0 Å². The van der Waals surface area contributed by atoms with Crippen molar-refractivity contribution < 1.29 is 28.5 Å². The third-order valence-corrected chi connectivity index (χ3v) is 15.0. The van der Waals surface area contributed by atoms with Crippen molar-refractivity contribution in [1.29, 1.82) is 0 Å². The van der Waals surface area contributed by atoms with Crippen LogP contribution in [0.4, 0.5) is 0 Å². The van der Waals surface area contributed by atoms with Gasteiger partial charge in [-0.05, 0) is 128 Å². The third kappa shape index (κ3) is 10.2. The van der Waals surface area contributed by atoms with Crippen LogP contribution in [0.25, 0.3) is 0 Å². The summed E-state index contributed by atoms with van der Waals surface area (Å²) in [7, 11) is 0. The second-order valence-electron chi connectivity index (χ2n) is 18.2. The molecule has 4 unspecified atom stereocenters. The highest BCUT2D eigenvalue weighted by molar-refractivity contribution is 5.79. The average Bonchev–Trinajstić information content (AvgIpc) is 3.23. The van der Waals surface area contributed by atoms with E-state index in [0.29, 0.717) is 49.6 Å². The number of morpholine rings is 2. The normalized spacial score (nSPS) is 36.6. The molecule has 0 aromatic heterocycles. The molecule has 0 spiro atoms. The summed E-state index contributed by atoms with van der Waals surface area (Å²) in [5, 5.41) is 0. The predicted molar refractivity (Wildman–Crippen MR) is 211 cm³/mol. The number of ether oxygens (including phenoxy) is 4. The maximum Gasteiger partial charge on any atom is 0.249 e. The number of rotatable bonds is 10. The molecular weight excluding hydrogens is 681 g/mol. The summed E-state index contributed by atoms with van der Waals surface area (Å²) < 4.78 is 23.0. The van der Waals surface area contributed by atoms with Gasteiger partial charge in [-0.25, -0.2) is 0 Å². The molecule has 4 aliphatic heterocycles. The fourth-order valence-electron chi connectivity index (χ4n) is 12.0. The van der Waals surface area contributed by atoms with E-state index in [2.05, 4.69) is 33.4 Å². The van der Waals surface area contributed by atoms with E-state index < -0.39 is 0 Å². The molecule has 4 aliphatic carbocycles. The molecule has 4 heterocycles. The van der Waals surface area contributed by atoms with Crippen LogP contribution < -0.4 is 0 Å². The Labute approximate surface area is 327 Å². The fraction of sp³-hybridized carbons (Fsp3) is 0.955. The first-order valence-corrected chi connectivity index (χ1v) is 23.0. The van der Waals surface area contributed by atoms with Crippen molar-refractivity contribution in [1.82, 2.24) is 19.6 Å². The molecule has 308 valence electrons. The summed E-state index contributed by atoms with van der Waals surface area (Å²) in [5.74, 6) is 2.03. The SMILES string of the molecule is CCOCC1CCC(N2CCC(N3C(=O)COC4CCCCC43)CC2)CC1.CCOCC1CCC(N2CCC(N3C(=O)COC4CCCCC43)CC2)CC1. The maximum absolute atomic E-state index is 12.6. The van der Waals surface area contributed by atoms with Crippen molar-refractivity contribution in [2.75, 3.05) is 65.8 Å². The number of likely N-dealkylation sites (tertiary alicyclic amines) is 2. The van der Waals surface area contributed by atoms with Gasteiger partial charge in [0.15, 0.2) is 0 Å². The minimum Gasteiger partial charge on any atom is -0.381 e. The topological polar surface area (TPSA) is 84.0 Å². The summed E-state index contributed by atoms with van der Waals surface area (Å²) in [5.41, 5.74) is 0. The van der Waals surface area contributed by atoms with Gasteiger partial charge in [-0.1, -0.05) is 25.7 Å². The van der Waals surface area contributed by atoms with Crippen LogP contribution in [-0.4, -0.2) is 146 Å². The molecule has 10 nitrogen and oxygen atoms in total. The summed E-state index contributed by atoms with van der Waals surface area (Å²) in [6.07, 6.45) is 25.3. The second-order valence-corrected chi connectivity index (χ2v) is 18.2. The number of amides is 2. The summed E-state index contributed by atoms with van der Waals surface area (Å²) >= 11 is 0. The smallest absolute Gasteiger partial charge is 0.249 e. The van der Waals surface area contributed by atoms with Gasteiger partial charge < -0.3 is 38.5 Å². The van der Waals surface area contributed by atoms with Gasteiger partial charge in [0, 0.05) is 76.8 Å². The van der Waals surface area contributed by atoms with E-state index in [4.69, 9.17) is 18.9 Å². The lowest BCUT2D eigenvalue weighted by atomic mass is 9.84. The van der Waals surface area contributed by atoms with Crippen molar-refractivity contribution in [2.45, 2.75) is 191 Å². The van der Waals surface area contributed by atoms with Crippen LogP contribution in [0.1, 0.15) is 142 Å². The number of nitrogens with zero attached hydrogens (tertiary/aromatic N) is 4. The van der Waals surface area contributed by atoms with Gasteiger partial charge in [0.25, 0.3) is 0 Å². The third-order valence-electron chi connectivity index (χ3n) is 15.0. The molecule has 0 aromatic carbocycles. The van der Waals surface area contributed by atoms with Gasteiger partial charge >= 0.3 is 0 Å². The molecule has 4 atom stereocenters. The molecule has 54 heavy (non-hydrogen) atoms. The van der Waals surface area contributed by atoms with Gasteiger partial charge in [0.1, 0.15) is 13.2 Å². The molecule has 4 saturated heterocycles.